The molecule has 0 aromatic rings. The third-order valence-electron chi connectivity index (χ3n) is 2.77. The minimum atomic E-state index is 0.556. The Kier molecular flexibility index (Phi) is 3.58. The lowest BCUT2D eigenvalue weighted by atomic mass is 10.2. The Bertz CT molecular complexity index is 185. The molecule has 3 heteroatoms. The largest absolute Gasteiger partial charge is 0.370 e. The zero-order valence-electron chi connectivity index (χ0n) is 8.95. The fourth-order valence-corrected chi connectivity index (χ4v) is 1.44. The van der Waals surface area contributed by atoms with Crippen LogP contribution in [0.4, 0.5) is 0 Å². The van der Waals surface area contributed by atoms with Gasteiger partial charge in [0, 0.05) is 19.6 Å². The monoisotopic (exact) mass is 183 g/mol. The van der Waals surface area contributed by atoms with Gasteiger partial charge in [-0.05, 0) is 32.1 Å². The van der Waals surface area contributed by atoms with Crippen LogP contribution in [0.5, 0.6) is 0 Å². The van der Waals surface area contributed by atoms with Crippen molar-refractivity contribution in [1.29, 1.82) is 0 Å². The van der Waals surface area contributed by atoms with Crippen molar-refractivity contribution in [3.8, 4) is 0 Å². The average Bonchev–Trinajstić information content (AvgIpc) is 2.94. The molecule has 0 aromatic carbocycles. The Balaban J connectivity index is 2.39. The van der Waals surface area contributed by atoms with Crippen LogP contribution >= 0.6 is 0 Å². The molecule has 0 bridgehead atoms. The zero-order valence-corrected chi connectivity index (χ0v) is 8.95. The van der Waals surface area contributed by atoms with Gasteiger partial charge < -0.3 is 10.6 Å². The topological polar surface area (TPSA) is 41.6 Å². The maximum absolute atomic E-state index is 5.85. The molecule has 0 amide bonds. The Morgan fingerprint density at radius 1 is 1.62 bits per heavy atom. The molecule has 76 valence electrons. The summed E-state index contributed by atoms with van der Waals surface area (Å²) in [5, 5.41) is 0. The first-order chi connectivity index (χ1) is 6.16. The van der Waals surface area contributed by atoms with Gasteiger partial charge in [0.25, 0.3) is 0 Å². The minimum absolute atomic E-state index is 0.556. The van der Waals surface area contributed by atoms with Crippen LogP contribution in [-0.4, -0.2) is 30.5 Å². The summed E-state index contributed by atoms with van der Waals surface area (Å²) < 4.78 is 0. The van der Waals surface area contributed by atoms with Crippen LogP contribution in [0.15, 0.2) is 4.99 Å². The molecule has 2 N–H and O–H groups in total. The van der Waals surface area contributed by atoms with Crippen LogP contribution in [0.3, 0.4) is 0 Å². The van der Waals surface area contributed by atoms with Crippen LogP contribution in [0.25, 0.3) is 0 Å². The molecular formula is C10H21N3. The first-order valence-corrected chi connectivity index (χ1v) is 5.19. The van der Waals surface area contributed by atoms with Crippen molar-refractivity contribution in [3.63, 3.8) is 0 Å². The second-order valence-corrected chi connectivity index (χ2v) is 3.93. The average molecular weight is 183 g/mol. The summed E-state index contributed by atoms with van der Waals surface area (Å²) in [7, 11) is 2.04. The van der Waals surface area contributed by atoms with Gasteiger partial charge in [0.2, 0.25) is 0 Å². The van der Waals surface area contributed by atoms with Gasteiger partial charge in [-0.1, -0.05) is 6.92 Å². The lowest BCUT2D eigenvalue weighted by Crippen LogP contribution is -2.41. The van der Waals surface area contributed by atoms with Gasteiger partial charge in [0.15, 0.2) is 5.96 Å². The summed E-state index contributed by atoms with van der Waals surface area (Å²) in [5.74, 6) is 1.54. The van der Waals surface area contributed by atoms with E-state index in [0.717, 1.165) is 18.9 Å². The summed E-state index contributed by atoms with van der Waals surface area (Å²) in [5.41, 5.74) is 5.85. The molecule has 3 nitrogen and oxygen atoms in total. The Morgan fingerprint density at radius 2 is 2.23 bits per heavy atom. The molecule has 1 rings (SSSR count). The molecule has 0 radical (unpaired) electrons. The van der Waals surface area contributed by atoms with Crippen LogP contribution in [0, 0.1) is 5.92 Å². The molecule has 0 aromatic heterocycles. The molecule has 1 aliphatic carbocycles. The van der Waals surface area contributed by atoms with E-state index in [4.69, 9.17) is 5.73 Å². The molecule has 1 saturated carbocycles. The standard InChI is InChI=1S/C10H21N3/c1-4-7-12-10(11)13(3)8(2)9-5-6-9/h8-9H,4-7H2,1-3H3,(H2,11,12). The predicted molar refractivity (Wildman–Crippen MR) is 56.7 cm³/mol. The van der Waals surface area contributed by atoms with Gasteiger partial charge in [-0.2, -0.15) is 0 Å². The molecule has 0 spiro atoms. The third-order valence-corrected chi connectivity index (χ3v) is 2.77. The molecule has 1 atom stereocenters. The van der Waals surface area contributed by atoms with E-state index >= 15 is 0 Å². The van der Waals surface area contributed by atoms with E-state index < -0.39 is 0 Å². The maximum atomic E-state index is 5.85. The smallest absolute Gasteiger partial charge is 0.191 e. The highest BCUT2D eigenvalue weighted by Gasteiger charge is 2.31. The maximum Gasteiger partial charge on any atom is 0.191 e. The normalized spacial score (nSPS) is 20.1. The molecule has 0 saturated heterocycles. The van der Waals surface area contributed by atoms with E-state index in [-0.39, 0.29) is 0 Å². The van der Waals surface area contributed by atoms with E-state index in [1.54, 1.807) is 0 Å². The summed E-state index contributed by atoms with van der Waals surface area (Å²) >= 11 is 0. The van der Waals surface area contributed by atoms with Gasteiger partial charge >= 0.3 is 0 Å². The van der Waals surface area contributed by atoms with E-state index in [0.29, 0.717) is 12.0 Å². The number of nitrogens with two attached hydrogens (primary N) is 1. The minimum Gasteiger partial charge on any atom is -0.370 e. The van der Waals surface area contributed by atoms with Gasteiger partial charge in [0.1, 0.15) is 0 Å². The second-order valence-electron chi connectivity index (χ2n) is 3.93. The SMILES string of the molecule is CCCN=C(N)N(C)C(C)C1CC1. The zero-order chi connectivity index (χ0) is 9.84. The highest BCUT2D eigenvalue weighted by Crippen LogP contribution is 2.34. The molecule has 1 aliphatic rings. The van der Waals surface area contributed by atoms with E-state index in [9.17, 15) is 0 Å². The van der Waals surface area contributed by atoms with Gasteiger partial charge in [-0.25, -0.2) is 0 Å². The van der Waals surface area contributed by atoms with E-state index in [2.05, 4.69) is 23.7 Å². The number of guanidine groups is 1. The number of nitrogens with zero attached hydrogens (tertiary/aromatic N) is 2. The van der Waals surface area contributed by atoms with Crippen LogP contribution in [-0.2, 0) is 0 Å². The molecule has 13 heavy (non-hydrogen) atoms. The van der Waals surface area contributed by atoms with Crippen molar-refractivity contribution in [3.05, 3.63) is 0 Å². The highest BCUT2D eigenvalue weighted by molar-refractivity contribution is 5.78. The molecule has 0 aliphatic heterocycles. The molecule has 1 fully saturated rings. The highest BCUT2D eigenvalue weighted by atomic mass is 15.3. The first-order valence-electron chi connectivity index (χ1n) is 5.19. The van der Waals surface area contributed by atoms with Gasteiger partial charge in [0.05, 0.1) is 0 Å². The van der Waals surface area contributed by atoms with Gasteiger partial charge in [-0.15, -0.1) is 0 Å². The van der Waals surface area contributed by atoms with Crippen molar-refractivity contribution in [2.24, 2.45) is 16.6 Å². The summed E-state index contributed by atoms with van der Waals surface area (Å²) in [4.78, 5) is 6.40. The fourth-order valence-electron chi connectivity index (χ4n) is 1.44. The van der Waals surface area contributed by atoms with Crippen molar-refractivity contribution >= 4 is 5.96 Å². The Labute approximate surface area is 81.0 Å². The predicted octanol–water partition coefficient (Wildman–Crippen LogP) is 1.44. The van der Waals surface area contributed by atoms with Crippen LogP contribution in [0.2, 0.25) is 0 Å². The van der Waals surface area contributed by atoms with Gasteiger partial charge in [-0.3, -0.25) is 4.99 Å². The summed E-state index contributed by atoms with van der Waals surface area (Å²) in [6, 6.07) is 0.556. The summed E-state index contributed by atoms with van der Waals surface area (Å²) in [6.45, 7) is 5.18. The fraction of sp³-hybridized carbons (Fsp3) is 0.900. The van der Waals surface area contributed by atoms with Crippen molar-refractivity contribution in [2.75, 3.05) is 13.6 Å². The third kappa shape index (κ3) is 2.90. The lowest BCUT2D eigenvalue weighted by molar-refractivity contribution is 0.349. The first kappa shape index (κ1) is 10.4. The van der Waals surface area contributed by atoms with Crippen molar-refractivity contribution < 1.29 is 0 Å². The number of rotatable bonds is 4. The van der Waals surface area contributed by atoms with E-state index in [1.807, 2.05) is 7.05 Å². The number of aliphatic imine (C=N–C) groups is 1. The molecular weight excluding hydrogens is 162 g/mol. The quantitative estimate of drug-likeness (QED) is 0.529. The van der Waals surface area contributed by atoms with Crippen molar-refractivity contribution in [1.82, 2.24) is 4.90 Å². The lowest BCUT2D eigenvalue weighted by Gasteiger charge is -2.25. The van der Waals surface area contributed by atoms with Crippen molar-refractivity contribution in [2.45, 2.75) is 39.2 Å². The van der Waals surface area contributed by atoms with E-state index in [1.165, 1.54) is 12.8 Å². The number of hydrogen-bond acceptors (Lipinski definition) is 1. The Morgan fingerprint density at radius 3 is 2.69 bits per heavy atom. The molecule has 0 heterocycles. The summed E-state index contributed by atoms with van der Waals surface area (Å²) in [6.07, 6.45) is 3.77. The Hall–Kier alpha value is -0.730. The second kappa shape index (κ2) is 4.49. The number of hydrogen-bond donors (Lipinski definition) is 1. The molecule has 1 unspecified atom stereocenters. The van der Waals surface area contributed by atoms with Crippen LogP contribution < -0.4 is 5.73 Å². The van der Waals surface area contributed by atoms with Crippen LogP contribution in [0.1, 0.15) is 33.1 Å².